The van der Waals surface area contributed by atoms with Gasteiger partial charge < -0.3 is 10.2 Å². The number of likely N-dealkylation sites (tertiary alicyclic amines) is 1. The molecular formula is C13H28N2. The van der Waals surface area contributed by atoms with E-state index in [1.807, 2.05) is 0 Å². The van der Waals surface area contributed by atoms with E-state index >= 15 is 0 Å². The Hall–Kier alpha value is -0.0800. The highest BCUT2D eigenvalue weighted by Crippen LogP contribution is 2.12. The minimum Gasteiger partial charge on any atom is -0.311 e. The number of nitrogens with one attached hydrogen (secondary N) is 1. The average molecular weight is 212 g/mol. The summed E-state index contributed by atoms with van der Waals surface area (Å²) in [5.41, 5.74) is 0. The molecule has 1 N–H and O–H groups in total. The van der Waals surface area contributed by atoms with Crippen LogP contribution in [0.15, 0.2) is 0 Å². The van der Waals surface area contributed by atoms with Crippen molar-refractivity contribution in [1.29, 1.82) is 0 Å². The second-order valence-electron chi connectivity index (χ2n) is 5.63. The lowest BCUT2D eigenvalue weighted by Gasteiger charge is -2.23. The SMILES string of the molecule is CC(C)CC(C)NC1CCCN(C)CC1. The van der Waals surface area contributed by atoms with Crippen LogP contribution in [-0.4, -0.2) is 37.1 Å². The van der Waals surface area contributed by atoms with Crippen LogP contribution >= 0.6 is 0 Å². The molecule has 1 aliphatic rings. The van der Waals surface area contributed by atoms with Crippen LogP contribution in [0.4, 0.5) is 0 Å². The molecule has 0 spiro atoms. The molecule has 0 aromatic rings. The third-order valence-corrected chi connectivity index (χ3v) is 3.30. The summed E-state index contributed by atoms with van der Waals surface area (Å²) in [5.74, 6) is 0.806. The Balaban J connectivity index is 2.24. The van der Waals surface area contributed by atoms with E-state index in [1.165, 1.54) is 38.8 Å². The number of hydrogen-bond donors (Lipinski definition) is 1. The summed E-state index contributed by atoms with van der Waals surface area (Å²) < 4.78 is 0. The molecule has 0 amide bonds. The van der Waals surface area contributed by atoms with Gasteiger partial charge in [0.15, 0.2) is 0 Å². The molecule has 2 heteroatoms. The molecule has 1 saturated heterocycles. The van der Waals surface area contributed by atoms with Crippen LogP contribution in [0, 0.1) is 5.92 Å². The van der Waals surface area contributed by atoms with Gasteiger partial charge in [0, 0.05) is 12.1 Å². The molecule has 0 aliphatic carbocycles. The van der Waals surface area contributed by atoms with Gasteiger partial charge in [-0.1, -0.05) is 13.8 Å². The van der Waals surface area contributed by atoms with Crippen LogP contribution in [0.25, 0.3) is 0 Å². The molecule has 90 valence electrons. The van der Waals surface area contributed by atoms with Gasteiger partial charge >= 0.3 is 0 Å². The summed E-state index contributed by atoms with van der Waals surface area (Å²) in [5, 5.41) is 3.78. The van der Waals surface area contributed by atoms with Gasteiger partial charge in [-0.05, 0) is 58.7 Å². The zero-order valence-corrected chi connectivity index (χ0v) is 10.9. The summed E-state index contributed by atoms with van der Waals surface area (Å²) in [4.78, 5) is 2.45. The van der Waals surface area contributed by atoms with Crippen molar-refractivity contribution in [3.05, 3.63) is 0 Å². The van der Waals surface area contributed by atoms with Crippen molar-refractivity contribution in [3.63, 3.8) is 0 Å². The Bertz CT molecular complexity index is 168. The molecular weight excluding hydrogens is 184 g/mol. The second kappa shape index (κ2) is 6.49. The molecule has 2 atom stereocenters. The Labute approximate surface area is 95.4 Å². The van der Waals surface area contributed by atoms with Crippen LogP contribution in [0.1, 0.15) is 46.5 Å². The Morgan fingerprint density at radius 1 is 1.20 bits per heavy atom. The third kappa shape index (κ3) is 5.53. The van der Waals surface area contributed by atoms with Gasteiger partial charge in [0.2, 0.25) is 0 Å². The first-order valence-corrected chi connectivity index (χ1v) is 6.52. The van der Waals surface area contributed by atoms with Crippen molar-refractivity contribution >= 4 is 0 Å². The van der Waals surface area contributed by atoms with Crippen LogP contribution in [0.2, 0.25) is 0 Å². The highest BCUT2D eigenvalue weighted by atomic mass is 15.1. The van der Waals surface area contributed by atoms with Gasteiger partial charge in [0.25, 0.3) is 0 Å². The van der Waals surface area contributed by atoms with E-state index in [9.17, 15) is 0 Å². The molecule has 0 aromatic heterocycles. The lowest BCUT2D eigenvalue weighted by molar-refractivity contribution is 0.333. The lowest BCUT2D eigenvalue weighted by Crippen LogP contribution is -2.37. The van der Waals surface area contributed by atoms with E-state index in [1.54, 1.807) is 0 Å². The Kier molecular flexibility index (Phi) is 5.62. The van der Waals surface area contributed by atoms with Gasteiger partial charge in [-0.15, -0.1) is 0 Å². The van der Waals surface area contributed by atoms with Gasteiger partial charge in [-0.2, -0.15) is 0 Å². The van der Waals surface area contributed by atoms with Crippen molar-refractivity contribution in [2.75, 3.05) is 20.1 Å². The minimum absolute atomic E-state index is 0.679. The first-order chi connectivity index (χ1) is 7.08. The Morgan fingerprint density at radius 2 is 1.93 bits per heavy atom. The summed E-state index contributed by atoms with van der Waals surface area (Å²) >= 11 is 0. The van der Waals surface area contributed by atoms with Crippen molar-refractivity contribution < 1.29 is 0 Å². The molecule has 2 unspecified atom stereocenters. The normalized spacial score (nSPS) is 26.6. The molecule has 0 radical (unpaired) electrons. The largest absolute Gasteiger partial charge is 0.311 e. The standard InChI is InChI=1S/C13H28N2/c1-11(2)10-12(3)14-13-6-5-8-15(4)9-7-13/h11-14H,5-10H2,1-4H3. The van der Waals surface area contributed by atoms with Crippen LogP contribution in [-0.2, 0) is 0 Å². The van der Waals surface area contributed by atoms with Gasteiger partial charge in [0.05, 0.1) is 0 Å². The van der Waals surface area contributed by atoms with Crippen LogP contribution in [0.3, 0.4) is 0 Å². The highest BCUT2D eigenvalue weighted by Gasteiger charge is 2.16. The molecule has 0 aromatic carbocycles. The molecule has 15 heavy (non-hydrogen) atoms. The fourth-order valence-electron chi connectivity index (χ4n) is 2.58. The van der Waals surface area contributed by atoms with Gasteiger partial charge in [0.1, 0.15) is 0 Å². The molecule has 1 heterocycles. The second-order valence-corrected chi connectivity index (χ2v) is 5.63. The quantitative estimate of drug-likeness (QED) is 0.770. The summed E-state index contributed by atoms with van der Waals surface area (Å²) in [6.45, 7) is 9.47. The topological polar surface area (TPSA) is 15.3 Å². The monoisotopic (exact) mass is 212 g/mol. The fourth-order valence-corrected chi connectivity index (χ4v) is 2.58. The van der Waals surface area contributed by atoms with E-state index in [-0.39, 0.29) is 0 Å². The maximum absolute atomic E-state index is 3.78. The van der Waals surface area contributed by atoms with Crippen molar-refractivity contribution in [2.24, 2.45) is 5.92 Å². The number of hydrogen-bond acceptors (Lipinski definition) is 2. The van der Waals surface area contributed by atoms with Gasteiger partial charge in [-0.3, -0.25) is 0 Å². The fraction of sp³-hybridized carbons (Fsp3) is 1.00. The summed E-state index contributed by atoms with van der Waals surface area (Å²) in [7, 11) is 2.24. The van der Waals surface area contributed by atoms with E-state index in [0.29, 0.717) is 6.04 Å². The molecule has 2 nitrogen and oxygen atoms in total. The zero-order valence-electron chi connectivity index (χ0n) is 10.9. The smallest absolute Gasteiger partial charge is 0.00821 e. The summed E-state index contributed by atoms with van der Waals surface area (Å²) in [6.07, 6.45) is 5.32. The molecule has 1 fully saturated rings. The van der Waals surface area contributed by atoms with E-state index in [2.05, 4.69) is 38.0 Å². The molecule has 0 saturated carbocycles. The van der Waals surface area contributed by atoms with Crippen LogP contribution < -0.4 is 5.32 Å². The Morgan fingerprint density at radius 3 is 2.60 bits per heavy atom. The number of nitrogens with zero attached hydrogens (tertiary/aromatic N) is 1. The molecule has 1 aliphatic heterocycles. The lowest BCUT2D eigenvalue weighted by atomic mass is 10.0. The molecule has 1 rings (SSSR count). The first kappa shape index (κ1) is 13.0. The van der Waals surface area contributed by atoms with Gasteiger partial charge in [-0.25, -0.2) is 0 Å². The third-order valence-electron chi connectivity index (χ3n) is 3.30. The summed E-state index contributed by atoms with van der Waals surface area (Å²) in [6, 6.07) is 1.43. The maximum atomic E-state index is 3.78. The van der Waals surface area contributed by atoms with Crippen molar-refractivity contribution in [3.8, 4) is 0 Å². The minimum atomic E-state index is 0.679. The van der Waals surface area contributed by atoms with E-state index in [0.717, 1.165) is 12.0 Å². The predicted molar refractivity (Wildman–Crippen MR) is 67.2 cm³/mol. The average Bonchev–Trinajstić information content (AvgIpc) is 2.29. The molecule has 0 bridgehead atoms. The zero-order chi connectivity index (χ0) is 11.3. The van der Waals surface area contributed by atoms with E-state index in [4.69, 9.17) is 0 Å². The predicted octanol–water partition coefficient (Wildman–Crippen LogP) is 2.49. The highest BCUT2D eigenvalue weighted by molar-refractivity contribution is 4.76. The first-order valence-electron chi connectivity index (χ1n) is 6.52. The van der Waals surface area contributed by atoms with Crippen LogP contribution in [0.5, 0.6) is 0 Å². The van der Waals surface area contributed by atoms with Crippen molar-refractivity contribution in [1.82, 2.24) is 10.2 Å². The number of rotatable bonds is 4. The van der Waals surface area contributed by atoms with Crippen molar-refractivity contribution in [2.45, 2.75) is 58.5 Å². The van der Waals surface area contributed by atoms with E-state index < -0.39 is 0 Å². The maximum Gasteiger partial charge on any atom is 0.00821 e.